The van der Waals surface area contributed by atoms with Crippen LogP contribution in [0.25, 0.3) is 0 Å². The third-order valence-corrected chi connectivity index (χ3v) is 4.96. The van der Waals surface area contributed by atoms with E-state index >= 15 is 0 Å². The second-order valence-electron chi connectivity index (χ2n) is 6.27. The molecule has 2 rings (SSSR count). The van der Waals surface area contributed by atoms with E-state index in [2.05, 4.69) is 11.8 Å². The number of carbonyl (C=O) groups excluding carboxylic acids is 1. The summed E-state index contributed by atoms with van der Waals surface area (Å²) in [5.41, 5.74) is 0. The smallest absolute Gasteiger partial charge is 0.119 e. The van der Waals surface area contributed by atoms with Crippen LogP contribution in [0.1, 0.15) is 77.6 Å². The van der Waals surface area contributed by atoms with Gasteiger partial charge in [0.2, 0.25) is 0 Å². The maximum absolute atomic E-state index is 10.2. The van der Waals surface area contributed by atoms with Crippen LogP contribution in [-0.4, -0.2) is 29.3 Å². The molecule has 0 amide bonds. The second-order valence-corrected chi connectivity index (χ2v) is 6.27. The summed E-state index contributed by atoms with van der Waals surface area (Å²) >= 11 is 0. The van der Waals surface area contributed by atoms with Crippen LogP contribution in [0, 0.1) is 0 Å². The van der Waals surface area contributed by atoms with Gasteiger partial charge < -0.3 is 4.79 Å². The van der Waals surface area contributed by atoms with E-state index < -0.39 is 0 Å². The number of fused-ring (bicyclic) bond motifs is 1. The van der Waals surface area contributed by atoms with Crippen LogP contribution in [-0.2, 0) is 4.79 Å². The van der Waals surface area contributed by atoms with Crippen molar-refractivity contribution >= 4 is 6.29 Å². The lowest BCUT2D eigenvalue weighted by atomic mass is 10.0. The van der Waals surface area contributed by atoms with Gasteiger partial charge >= 0.3 is 0 Å². The lowest BCUT2D eigenvalue weighted by Crippen LogP contribution is -2.36. The van der Waals surface area contributed by atoms with Gasteiger partial charge in [0.25, 0.3) is 0 Å². The van der Waals surface area contributed by atoms with Gasteiger partial charge in [-0.25, -0.2) is 0 Å². The maximum Gasteiger partial charge on any atom is 0.119 e. The Morgan fingerprint density at radius 1 is 1.00 bits per heavy atom. The molecule has 0 aromatic carbocycles. The van der Waals surface area contributed by atoms with Crippen LogP contribution in [0.5, 0.6) is 0 Å². The van der Waals surface area contributed by atoms with Crippen LogP contribution in [0.4, 0.5) is 0 Å². The normalized spacial score (nSPS) is 31.7. The molecule has 2 fully saturated rings. The summed E-state index contributed by atoms with van der Waals surface area (Å²) < 4.78 is 0. The fourth-order valence-electron chi connectivity index (χ4n) is 4.01. The number of nitrogens with zero attached hydrogens (tertiary/aromatic N) is 1. The fraction of sp³-hybridized carbons (Fsp3) is 0.938. The minimum absolute atomic E-state index is 0.760. The monoisotopic (exact) mass is 251 g/mol. The Morgan fingerprint density at radius 2 is 1.72 bits per heavy atom. The van der Waals surface area contributed by atoms with Crippen LogP contribution >= 0.6 is 0 Å². The number of aldehydes is 1. The highest BCUT2D eigenvalue weighted by Gasteiger charge is 2.39. The van der Waals surface area contributed by atoms with Crippen molar-refractivity contribution in [2.24, 2.45) is 0 Å². The van der Waals surface area contributed by atoms with E-state index in [0.29, 0.717) is 0 Å². The second kappa shape index (κ2) is 7.28. The van der Waals surface area contributed by atoms with Gasteiger partial charge in [0.15, 0.2) is 0 Å². The van der Waals surface area contributed by atoms with E-state index in [1.165, 1.54) is 57.8 Å². The summed E-state index contributed by atoms with van der Waals surface area (Å²) in [5, 5.41) is 0. The predicted octanol–water partition coefficient (Wildman–Crippen LogP) is 3.93. The quantitative estimate of drug-likeness (QED) is 0.481. The van der Waals surface area contributed by atoms with E-state index in [1.807, 2.05) is 0 Å². The summed E-state index contributed by atoms with van der Waals surface area (Å²) in [7, 11) is 0. The van der Waals surface area contributed by atoms with Crippen molar-refractivity contribution in [3.8, 4) is 0 Å². The van der Waals surface area contributed by atoms with E-state index in [9.17, 15) is 4.79 Å². The zero-order chi connectivity index (χ0) is 12.8. The number of unbranched alkanes of at least 4 members (excludes halogenated alkanes) is 5. The summed E-state index contributed by atoms with van der Waals surface area (Å²) in [4.78, 5) is 13.0. The summed E-state index contributed by atoms with van der Waals surface area (Å²) in [6.45, 7) is 2.41. The molecule has 2 nitrogen and oxygen atoms in total. The largest absolute Gasteiger partial charge is 0.303 e. The van der Waals surface area contributed by atoms with Crippen molar-refractivity contribution < 1.29 is 4.79 Å². The van der Waals surface area contributed by atoms with Crippen molar-refractivity contribution in [2.45, 2.75) is 95.7 Å². The molecular formula is C16H29NO. The molecule has 2 saturated heterocycles. The lowest BCUT2D eigenvalue weighted by Gasteiger charge is -2.28. The molecule has 2 aliphatic rings. The first-order chi connectivity index (χ1) is 8.83. The summed E-state index contributed by atoms with van der Waals surface area (Å²) in [6.07, 6.45) is 15.4. The molecule has 104 valence electrons. The first-order valence-corrected chi connectivity index (χ1v) is 8.04. The average Bonchev–Trinajstić information content (AvgIpc) is 2.93. The zero-order valence-corrected chi connectivity index (χ0v) is 11.9. The first-order valence-electron chi connectivity index (χ1n) is 8.04. The molecule has 2 aliphatic heterocycles. The Kier molecular flexibility index (Phi) is 5.68. The van der Waals surface area contributed by atoms with Gasteiger partial charge in [0.05, 0.1) is 0 Å². The molecule has 0 saturated carbocycles. The minimum Gasteiger partial charge on any atom is -0.303 e. The Bertz CT molecular complexity index is 253. The van der Waals surface area contributed by atoms with Gasteiger partial charge in [-0.15, -0.1) is 0 Å². The van der Waals surface area contributed by atoms with E-state index in [0.717, 1.165) is 37.3 Å². The third-order valence-electron chi connectivity index (χ3n) is 4.96. The molecule has 0 spiro atoms. The Hall–Kier alpha value is -0.370. The van der Waals surface area contributed by atoms with Gasteiger partial charge in [-0.1, -0.05) is 25.7 Å². The number of rotatable bonds is 8. The fourth-order valence-corrected chi connectivity index (χ4v) is 4.01. The molecule has 0 radical (unpaired) electrons. The van der Waals surface area contributed by atoms with Gasteiger partial charge in [0, 0.05) is 24.5 Å². The Labute approximate surface area is 112 Å². The molecule has 3 atom stereocenters. The van der Waals surface area contributed by atoms with Crippen molar-refractivity contribution in [3.63, 3.8) is 0 Å². The van der Waals surface area contributed by atoms with Crippen molar-refractivity contribution in [1.29, 1.82) is 0 Å². The van der Waals surface area contributed by atoms with Crippen LogP contribution < -0.4 is 0 Å². The molecule has 18 heavy (non-hydrogen) atoms. The lowest BCUT2D eigenvalue weighted by molar-refractivity contribution is -0.107. The molecule has 2 heteroatoms. The molecular weight excluding hydrogens is 222 g/mol. The Balaban J connectivity index is 1.55. The Morgan fingerprint density at radius 3 is 2.56 bits per heavy atom. The van der Waals surface area contributed by atoms with Gasteiger partial charge in [0.1, 0.15) is 6.29 Å². The zero-order valence-electron chi connectivity index (χ0n) is 11.9. The number of hydrogen-bond donors (Lipinski definition) is 0. The standard InChI is InChI=1S/C16H29NO/c1-14-9-10-16-12-11-15(17(14)16)8-6-4-2-3-5-7-13-18/h13-16H,2-12H2,1H3/t14-,15+,16+/m1/s1. The van der Waals surface area contributed by atoms with Crippen molar-refractivity contribution in [1.82, 2.24) is 4.90 Å². The van der Waals surface area contributed by atoms with Crippen molar-refractivity contribution in [2.75, 3.05) is 0 Å². The maximum atomic E-state index is 10.2. The van der Waals surface area contributed by atoms with Crippen molar-refractivity contribution in [3.05, 3.63) is 0 Å². The highest BCUT2D eigenvalue weighted by molar-refractivity contribution is 5.48. The molecule has 0 aromatic heterocycles. The van der Waals surface area contributed by atoms with Gasteiger partial charge in [-0.05, 0) is 45.4 Å². The first kappa shape index (κ1) is 14.0. The summed E-state index contributed by atoms with van der Waals surface area (Å²) in [6, 6.07) is 2.66. The summed E-state index contributed by atoms with van der Waals surface area (Å²) in [5.74, 6) is 0. The molecule has 0 bridgehead atoms. The van der Waals surface area contributed by atoms with Crippen LogP contribution in [0.3, 0.4) is 0 Å². The molecule has 0 unspecified atom stereocenters. The number of carbonyl (C=O) groups is 1. The van der Waals surface area contributed by atoms with E-state index in [-0.39, 0.29) is 0 Å². The van der Waals surface area contributed by atoms with Gasteiger partial charge in [-0.2, -0.15) is 0 Å². The van der Waals surface area contributed by atoms with E-state index in [1.54, 1.807) is 0 Å². The minimum atomic E-state index is 0.760. The highest BCUT2D eigenvalue weighted by Crippen LogP contribution is 2.38. The molecule has 0 aromatic rings. The topological polar surface area (TPSA) is 20.3 Å². The predicted molar refractivity (Wildman–Crippen MR) is 75.7 cm³/mol. The van der Waals surface area contributed by atoms with E-state index in [4.69, 9.17) is 0 Å². The molecule has 2 heterocycles. The SMILES string of the molecule is C[C@@H]1CC[C@H]2CC[C@H](CCCCCCCC=O)N21. The highest BCUT2D eigenvalue weighted by atomic mass is 16.1. The van der Waals surface area contributed by atoms with Crippen LogP contribution in [0.2, 0.25) is 0 Å². The third kappa shape index (κ3) is 3.57. The molecule has 0 aliphatic carbocycles. The average molecular weight is 251 g/mol. The van der Waals surface area contributed by atoms with Crippen LogP contribution in [0.15, 0.2) is 0 Å². The molecule has 0 N–H and O–H groups in total. The number of hydrogen-bond acceptors (Lipinski definition) is 2. The van der Waals surface area contributed by atoms with Gasteiger partial charge in [-0.3, -0.25) is 4.90 Å².